The number of halogens is 2. The maximum absolute atomic E-state index is 5.89. The standard InChI is InChI=1S/C13H18BrClN6/c1-20(2)5-6-21-13(10(14)8-18-21)12(19-16)11-4-3-9(15)7-17-11/h3-4,7-8,12,19H,5-6,16H2,1-2H3. The van der Waals surface area contributed by atoms with Crippen LogP contribution >= 0.6 is 27.5 Å². The van der Waals surface area contributed by atoms with Crippen molar-refractivity contribution in [3.8, 4) is 0 Å². The largest absolute Gasteiger partial charge is 0.308 e. The summed E-state index contributed by atoms with van der Waals surface area (Å²) in [6.45, 7) is 1.65. The summed E-state index contributed by atoms with van der Waals surface area (Å²) in [7, 11) is 4.05. The summed E-state index contributed by atoms with van der Waals surface area (Å²) in [5.41, 5.74) is 4.52. The average molecular weight is 374 g/mol. The van der Waals surface area contributed by atoms with Crippen LogP contribution in [0.15, 0.2) is 29.0 Å². The first-order valence-corrected chi connectivity index (χ1v) is 7.63. The third-order valence-electron chi connectivity index (χ3n) is 3.08. The van der Waals surface area contributed by atoms with Gasteiger partial charge in [0.15, 0.2) is 0 Å². The van der Waals surface area contributed by atoms with Crippen LogP contribution in [0.25, 0.3) is 0 Å². The number of nitrogens with one attached hydrogen (secondary N) is 1. The fourth-order valence-corrected chi connectivity index (χ4v) is 2.63. The Balaban J connectivity index is 2.33. The second kappa shape index (κ2) is 7.33. The van der Waals surface area contributed by atoms with E-state index < -0.39 is 0 Å². The Bertz CT molecular complexity index is 583. The molecule has 0 aliphatic carbocycles. The van der Waals surface area contributed by atoms with Crippen molar-refractivity contribution in [3.63, 3.8) is 0 Å². The quantitative estimate of drug-likeness (QED) is 0.597. The van der Waals surface area contributed by atoms with Gasteiger partial charge in [-0.15, -0.1) is 0 Å². The number of hydrazine groups is 1. The molecule has 8 heteroatoms. The maximum atomic E-state index is 5.89. The fraction of sp³-hybridized carbons (Fsp3) is 0.385. The Kier molecular flexibility index (Phi) is 5.72. The van der Waals surface area contributed by atoms with Crippen LogP contribution in [0.5, 0.6) is 0 Å². The third kappa shape index (κ3) is 4.02. The molecule has 0 aliphatic rings. The zero-order chi connectivity index (χ0) is 15.4. The molecule has 0 aromatic carbocycles. The highest BCUT2D eigenvalue weighted by Crippen LogP contribution is 2.27. The lowest BCUT2D eigenvalue weighted by molar-refractivity contribution is 0.365. The monoisotopic (exact) mass is 372 g/mol. The molecular weight excluding hydrogens is 356 g/mol. The highest BCUT2D eigenvalue weighted by atomic mass is 79.9. The minimum absolute atomic E-state index is 0.263. The Hall–Kier alpha value is -0.990. The summed E-state index contributed by atoms with van der Waals surface area (Å²) in [5, 5.41) is 4.99. The molecule has 2 aromatic heterocycles. The Labute approximate surface area is 137 Å². The molecule has 1 atom stereocenters. The first-order valence-electron chi connectivity index (χ1n) is 6.46. The van der Waals surface area contributed by atoms with Gasteiger partial charge in [-0.1, -0.05) is 11.6 Å². The van der Waals surface area contributed by atoms with Crippen LogP contribution in [0.3, 0.4) is 0 Å². The van der Waals surface area contributed by atoms with E-state index in [2.05, 4.69) is 36.3 Å². The van der Waals surface area contributed by atoms with Gasteiger partial charge >= 0.3 is 0 Å². The lowest BCUT2D eigenvalue weighted by Gasteiger charge is -2.19. The van der Waals surface area contributed by atoms with Gasteiger partial charge in [-0.25, -0.2) is 5.43 Å². The van der Waals surface area contributed by atoms with E-state index in [1.165, 1.54) is 0 Å². The van der Waals surface area contributed by atoms with Crippen molar-refractivity contribution in [3.05, 3.63) is 45.4 Å². The molecule has 0 fully saturated rings. The van der Waals surface area contributed by atoms with Crippen molar-refractivity contribution < 1.29 is 0 Å². The highest BCUT2D eigenvalue weighted by Gasteiger charge is 2.22. The molecule has 0 saturated carbocycles. The molecule has 21 heavy (non-hydrogen) atoms. The summed E-state index contributed by atoms with van der Waals surface area (Å²) in [6.07, 6.45) is 3.38. The van der Waals surface area contributed by atoms with E-state index in [0.29, 0.717) is 5.02 Å². The Morgan fingerprint density at radius 2 is 2.19 bits per heavy atom. The molecule has 1 unspecified atom stereocenters. The molecule has 0 spiro atoms. The summed E-state index contributed by atoms with van der Waals surface area (Å²) in [5.74, 6) is 5.73. The van der Waals surface area contributed by atoms with Gasteiger partial charge in [-0.3, -0.25) is 15.5 Å². The summed E-state index contributed by atoms with van der Waals surface area (Å²) < 4.78 is 2.81. The van der Waals surface area contributed by atoms with Crippen molar-refractivity contribution in [2.75, 3.05) is 20.6 Å². The minimum Gasteiger partial charge on any atom is -0.308 e. The first-order chi connectivity index (χ1) is 10.0. The van der Waals surface area contributed by atoms with Gasteiger partial charge in [0, 0.05) is 12.7 Å². The highest BCUT2D eigenvalue weighted by molar-refractivity contribution is 9.10. The molecule has 6 nitrogen and oxygen atoms in total. The molecule has 0 bridgehead atoms. The number of nitrogens with two attached hydrogens (primary N) is 1. The van der Waals surface area contributed by atoms with Gasteiger partial charge in [-0.05, 0) is 42.2 Å². The molecular formula is C13H18BrClN6. The topological polar surface area (TPSA) is 72.0 Å². The SMILES string of the molecule is CN(C)CCn1ncc(Br)c1C(NN)c1ccc(Cl)cn1. The van der Waals surface area contributed by atoms with Gasteiger partial charge in [-0.2, -0.15) is 5.10 Å². The van der Waals surface area contributed by atoms with E-state index in [1.807, 2.05) is 24.8 Å². The lowest BCUT2D eigenvalue weighted by Crippen LogP contribution is -2.32. The van der Waals surface area contributed by atoms with Gasteiger partial charge < -0.3 is 4.90 Å². The number of likely N-dealkylation sites (N-methyl/N-ethyl adjacent to an activating group) is 1. The van der Waals surface area contributed by atoms with Crippen molar-refractivity contribution in [1.82, 2.24) is 25.1 Å². The molecule has 0 saturated heterocycles. The smallest absolute Gasteiger partial charge is 0.106 e. The minimum atomic E-state index is -0.263. The van der Waals surface area contributed by atoms with Gasteiger partial charge in [0.2, 0.25) is 0 Å². The lowest BCUT2D eigenvalue weighted by atomic mass is 10.1. The van der Waals surface area contributed by atoms with Gasteiger partial charge in [0.05, 0.1) is 33.6 Å². The second-order valence-corrected chi connectivity index (χ2v) is 6.20. The van der Waals surface area contributed by atoms with Crippen molar-refractivity contribution >= 4 is 27.5 Å². The number of hydrogen-bond acceptors (Lipinski definition) is 5. The van der Waals surface area contributed by atoms with E-state index in [4.69, 9.17) is 17.4 Å². The van der Waals surface area contributed by atoms with Crippen LogP contribution in [0.4, 0.5) is 0 Å². The van der Waals surface area contributed by atoms with E-state index in [0.717, 1.165) is 29.0 Å². The van der Waals surface area contributed by atoms with Crippen LogP contribution < -0.4 is 11.3 Å². The third-order valence-corrected chi connectivity index (χ3v) is 3.91. The number of aromatic nitrogens is 3. The molecule has 0 aliphatic heterocycles. The second-order valence-electron chi connectivity index (χ2n) is 4.91. The van der Waals surface area contributed by atoms with E-state index in [9.17, 15) is 0 Å². The molecule has 0 amide bonds. The van der Waals surface area contributed by atoms with Crippen LogP contribution in [-0.4, -0.2) is 40.3 Å². The van der Waals surface area contributed by atoms with E-state index >= 15 is 0 Å². The van der Waals surface area contributed by atoms with Crippen molar-refractivity contribution in [2.24, 2.45) is 5.84 Å². The van der Waals surface area contributed by atoms with Crippen molar-refractivity contribution in [1.29, 1.82) is 0 Å². The molecule has 2 heterocycles. The van der Waals surface area contributed by atoms with E-state index in [1.54, 1.807) is 18.5 Å². The van der Waals surface area contributed by atoms with Crippen LogP contribution in [0, 0.1) is 0 Å². The summed E-state index contributed by atoms with van der Waals surface area (Å²) >= 11 is 9.42. The maximum Gasteiger partial charge on any atom is 0.106 e. The molecule has 2 rings (SSSR count). The number of rotatable bonds is 6. The fourth-order valence-electron chi connectivity index (χ4n) is 1.99. The number of hydrogen-bond donors (Lipinski definition) is 2. The summed E-state index contributed by atoms with van der Waals surface area (Å²) in [4.78, 5) is 6.44. The van der Waals surface area contributed by atoms with Crippen LogP contribution in [0.2, 0.25) is 5.02 Å². The van der Waals surface area contributed by atoms with Crippen molar-refractivity contribution in [2.45, 2.75) is 12.6 Å². The molecule has 0 radical (unpaired) electrons. The number of pyridine rings is 1. The van der Waals surface area contributed by atoms with Crippen LogP contribution in [-0.2, 0) is 6.54 Å². The predicted molar refractivity (Wildman–Crippen MR) is 86.9 cm³/mol. The number of nitrogens with zero attached hydrogens (tertiary/aromatic N) is 4. The normalized spacial score (nSPS) is 12.9. The van der Waals surface area contributed by atoms with Gasteiger partial charge in [0.1, 0.15) is 6.04 Å². The first kappa shape index (κ1) is 16.4. The summed E-state index contributed by atoms with van der Waals surface area (Å²) in [6, 6.07) is 3.38. The van der Waals surface area contributed by atoms with Crippen LogP contribution in [0.1, 0.15) is 17.4 Å². The zero-order valence-electron chi connectivity index (χ0n) is 11.9. The zero-order valence-corrected chi connectivity index (χ0v) is 14.3. The average Bonchev–Trinajstić information content (AvgIpc) is 2.81. The predicted octanol–water partition coefficient (Wildman–Crippen LogP) is 1.81. The molecule has 2 aromatic rings. The Morgan fingerprint density at radius 3 is 2.76 bits per heavy atom. The van der Waals surface area contributed by atoms with E-state index in [-0.39, 0.29) is 6.04 Å². The molecule has 114 valence electrons. The molecule has 3 N–H and O–H groups in total. The Morgan fingerprint density at radius 1 is 1.43 bits per heavy atom. The van der Waals surface area contributed by atoms with Gasteiger partial charge in [0.25, 0.3) is 0 Å².